The molecule has 0 bridgehead atoms. The van der Waals surface area contributed by atoms with Crippen LogP contribution in [0.5, 0.6) is 0 Å². The molecule has 1 atom stereocenters. The average Bonchev–Trinajstić information content (AvgIpc) is 3.25. The molecule has 0 saturated heterocycles. The molecule has 1 N–H and O–H groups in total. The Morgan fingerprint density at radius 2 is 1.89 bits per heavy atom. The molecule has 11 heteroatoms. The van der Waals surface area contributed by atoms with Crippen LogP contribution in [-0.2, 0) is 16.1 Å². The number of amides is 1. The van der Waals surface area contributed by atoms with Crippen molar-refractivity contribution in [2.75, 3.05) is 11.9 Å². The summed E-state index contributed by atoms with van der Waals surface area (Å²) in [6, 6.07) is 18.7. The molecule has 190 valence electrons. The highest BCUT2D eigenvalue weighted by Crippen LogP contribution is 2.38. The van der Waals surface area contributed by atoms with Gasteiger partial charge in [-0.3, -0.25) is 14.9 Å². The van der Waals surface area contributed by atoms with E-state index in [4.69, 9.17) is 9.72 Å². The molecule has 1 aromatic heterocycles. The molecule has 0 aliphatic rings. The highest BCUT2D eigenvalue weighted by Gasteiger charge is 2.26. The Hall–Kier alpha value is -3.70. The van der Waals surface area contributed by atoms with Crippen LogP contribution >= 0.6 is 27.7 Å². The van der Waals surface area contributed by atoms with Gasteiger partial charge in [-0.2, -0.15) is 0 Å². The van der Waals surface area contributed by atoms with Gasteiger partial charge in [0.2, 0.25) is 5.91 Å². The van der Waals surface area contributed by atoms with E-state index in [2.05, 4.69) is 21.2 Å². The first-order chi connectivity index (χ1) is 17.8. The summed E-state index contributed by atoms with van der Waals surface area (Å²) in [4.78, 5) is 41.1. The maximum atomic E-state index is 13.5. The quantitative estimate of drug-likeness (QED) is 0.105. The molecule has 0 aliphatic carbocycles. The summed E-state index contributed by atoms with van der Waals surface area (Å²) >= 11 is 4.60. The van der Waals surface area contributed by atoms with Gasteiger partial charge < -0.3 is 14.6 Å². The molecular formula is C26H23BrN4O5S. The summed E-state index contributed by atoms with van der Waals surface area (Å²) in [6.07, 6.45) is 0. The number of hydrogen-bond donors (Lipinski definition) is 1. The van der Waals surface area contributed by atoms with Crippen LogP contribution in [-0.4, -0.2) is 33.0 Å². The summed E-state index contributed by atoms with van der Waals surface area (Å²) in [5, 5.41) is 13.9. The van der Waals surface area contributed by atoms with Gasteiger partial charge in [-0.1, -0.05) is 42.1 Å². The molecule has 37 heavy (non-hydrogen) atoms. The number of nitrogens with one attached hydrogen (secondary N) is 1. The number of anilines is 1. The van der Waals surface area contributed by atoms with Crippen LogP contribution < -0.4 is 5.32 Å². The Morgan fingerprint density at radius 3 is 2.54 bits per heavy atom. The highest BCUT2D eigenvalue weighted by molar-refractivity contribution is 9.10. The van der Waals surface area contributed by atoms with E-state index >= 15 is 0 Å². The lowest BCUT2D eigenvalue weighted by Gasteiger charge is -2.18. The predicted molar refractivity (Wildman–Crippen MR) is 146 cm³/mol. The maximum absolute atomic E-state index is 13.5. The van der Waals surface area contributed by atoms with Gasteiger partial charge in [0.1, 0.15) is 5.25 Å². The molecular weight excluding hydrogens is 560 g/mol. The van der Waals surface area contributed by atoms with Crippen LogP contribution in [0.25, 0.3) is 11.0 Å². The molecule has 1 amide bonds. The van der Waals surface area contributed by atoms with E-state index in [1.165, 1.54) is 30.0 Å². The van der Waals surface area contributed by atoms with E-state index in [1.807, 2.05) is 47.9 Å². The number of hydrogen-bond acceptors (Lipinski definition) is 7. The third-order valence-corrected chi connectivity index (χ3v) is 7.43. The Kier molecular flexibility index (Phi) is 8.24. The molecule has 0 spiro atoms. The van der Waals surface area contributed by atoms with Gasteiger partial charge >= 0.3 is 5.97 Å². The number of carbonyl (C=O) groups excluding carboxylic acids is 2. The fourth-order valence-electron chi connectivity index (χ4n) is 3.77. The molecule has 0 saturated carbocycles. The number of esters is 1. The zero-order chi connectivity index (χ0) is 26.5. The molecule has 0 radical (unpaired) electrons. The molecule has 4 aromatic rings. The number of imidazole rings is 1. The number of carbonyl (C=O) groups is 2. The first kappa shape index (κ1) is 26.4. The van der Waals surface area contributed by atoms with Crippen molar-refractivity contribution < 1.29 is 19.2 Å². The molecule has 0 aliphatic heterocycles. The number of thioether (sulfide) groups is 1. The molecule has 1 unspecified atom stereocenters. The Bertz CT molecular complexity index is 1470. The van der Waals surface area contributed by atoms with E-state index < -0.39 is 16.1 Å². The number of ether oxygens (including phenoxy) is 1. The van der Waals surface area contributed by atoms with Gasteiger partial charge in [-0.15, -0.1) is 0 Å². The van der Waals surface area contributed by atoms with Crippen LogP contribution in [0.2, 0.25) is 0 Å². The summed E-state index contributed by atoms with van der Waals surface area (Å²) in [5.74, 6) is -0.729. The zero-order valence-corrected chi connectivity index (χ0v) is 22.4. The summed E-state index contributed by atoms with van der Waals surface area (Å²) in [6.45, 7) is 4.62. The summed E-state index contributed by atoms with van der Waals surface area (Å²) in [5.41, 5.74) is 2.97. The second-order valence-electron chi connectivity index (χ2n) is 7.88. The average molecular weight is 583 g/mol. The van der Waals surface area contributed by atoms with E-state index in [0.717, 1.165) is 11.1 Å². The molecule has 0 fully saturated rings. The van der Waals surface area contributed by atoms with Gasteiger partial charge in [-0.25, -0.2) is 9.78 Å². The number of benzene rings is 3. The number of aryl methyl sites for hydroxylation is 1. The second-order valence-corrected chi connectivity index (χ2v) is 9.81. The fourth-order valence-corrected chi connectivity index (χ4v) is 5.41. The Labute approximate surface area is 225 Å². The number of halogens is 1. The van der Waals surface area contributed by atoms with Crippen LogP contribution in [0.3, 0.4) is 0 Å². The van der Waals surface area contributed by atoms with Crippen molar-refractivity contribution in [1.29, 1.82) is 0 Å². The summed E-state index contributed by atoms with van der Waals surface area (Å²) in [7, 11) is 0. The summed E-state index contributed by atoms with van der Waals surface area (Å²) < 4.78 is 7.50. The molecule has 9 nitrogen and oxygen atoms in total. The third-order valence-electron chi connectivity index (χ3n) is 5.53. The number of rotatable bonds is 9. The predicted octanol–water partition coefficient (Wildman–Crippen LogP) is 6.38. The van der Waals surface area contributed by atoms with Crippen LogP contribution in [0, 0.1) is 10.1 Å². The minimum absolute atomic E-state index is 0.0855. The van der Waals surface area contributed by atoms with Crippen LogP contribution in [0.1, 0.15) is 35.0 Å². The number of nitro groups is 1. The number of nitrogens with zero attached hydrogens (tertiary/aromatic N) is 3. The smallest absolute Gasteiger partial charge is 0.338 e. The largest absolute Gasteiger partial charge is 0.462 e. The minimum atomic E-state index is -0.671. The van der Waals surface area contributed by atoms with Gasteiger partial charge in [-0.05, 0) is 59.6 Å². The third kappa shape index (κ3) is 5.83. The van der Waals surface area contributed by atoms with Gasteiger partial charge in [0.15, 0.2) is 5.16 Å². The van der Waals surface area contributed by atoms with E-state index in [-0.39, 0.29) is 18.2 Å². The topological polar surface area (TPSA) is 116 Å². The van der Waals surface area contributed by atoms with Crippen LogP contribution in [0.15, 0.2) is 76.4 Å². The first-order valence-electron chi connectivity index (χ1n) is 11.5. The molecule has 4 rings (SSSR count). The molecule has 3 aromatic carbocycles. The van der Waals surface area contributed by atoms with Crippen molar-refractivity contribution in [2.45, 2.75) is 30.8 Å². The number of non-ortho nitro benzene ring substituents is 1. The van der Waals surface area contributed by atoms with Gasteiger partial charge in [0, 0.05) is 23.2 Å². The lowest BCUT2D eigenvalue weighted by Crippen LogP contribution is -2.20. The monoisotopic (exact) mass is 582 g/mol. The molecule has 1 heterocycles. The second kappa shape index (κ2) is 11.6. The maximum Gasteiger partial charge on any atom is 0.338 e. The number of nitro benzene ring substituents is 1. The Morgan fingerprint density at radius 1 is 1.14 bits per heavy atom. The SMILES string of the molecule is CCOC(=O)c1ccc2c(c1)nc(SC(C(=O)Nc1ccc([N+](=O)[O-])cc1Br)c1ccccc1)n2CC. The van der Waals surface area contributed by atoms with E-state index in [1.54, 1.807) is 19.1 Å². The van der Waals surface area contributed by atoms with Crippen molar-refractivity contribution in [3.63, 3.8) is 0 Å². The van der Waals surface area contributed by atoms with Gasteiger partial charge in [0.05, 0.1) is 33.8 Å². The van der Waals surface area contributed by atoms with Crippen molar-refractivity contribution >= 4 is 62.0 Å². The minimum Gasteiger partial charge on any atom is -0.462 e. The standard InChI is InChI=1S/C26H23BrN4O5S/c1-3-30-22-13-10-17(25(33)36-4-2)14-21(22)29-26(30)37-23(16-8-6-5-7-9-16)24(32)28-20-12-11-18(31(34)35)15-19(20)27/h5-15,23H,3-4H2,1-2H3,(H,28,32). The van der Waals surface area contributed by atoms with Gasteiger partial charge in [0.25, 0.3) is 5.69 Å². The highest BCUT2D eigenvalue weighted by atomic mass is 79.9. The van der Waals surface area contributed by atoms with Crippen molar-refractivity contribution in [3.05, 3.63) is 92.4 Å². The van der Waals surface area contributed by atoms with Crippen molar-refractivity contribution in [1.82, 2.24) is 9.55 Å². The van der Waals surface area contributed by atoms with E-state index in [9.17, 15) is 19.7 Å². The van der Waals surface area contributed by atoms with Crippen molar-refractivity contribution in [2.24, 2.45) is 0 Å². The van der Waals surface area contributed by atoms with Crippen LogP contribution in [0.4, 0.5) is 11.4 Å². The lowest BCUT2D eigenvalue weighted by atomic mass is 10.1. The van der Waals surface area contributed by atoms with E-state index in [0.29, 0.717) is 32.9 Å². The van der Waals surface area contributed by atoms with Crippen molar-refractivity contribution in [3.8, 4) is 0 Å². The Balaban J connectivity index is 1.69. The zero-order valence-electron chi connectivity index (χ0n) is 20.0. The number of fused-ring (bicyclic) bond motifs is 1. The lowest BCUT2D eigenvalue weighted by molar-refractivity contribution is -0.384. The number of aromatic nitrogens is 2. The fraction of sp³-hybridized carbons (Fsp3) is 0.192. The normalized spacial score (nSPS) is 11.8. The first-order valence-corrected chi connectivity index (χ1v) is 13.1.